The van der Waals surface area contributed by atoms with E-state index in [0.29, 0.717) is 5.41 Å². The first-order valence-electron chi connectivity index (χ1n) is 11.4. The van der Waals surface area contributed by atoms with E-state index in [1.165, 1.54) is 31.2 Å². The van der Waals surface area contributed by atoms with Crippen molar-refractivity contribution < 1.29 is 0 Å². The second-order valence-electron chi connectivity index (χ2n) is 9.00. The number of aryl methyl sites for hydroxylation is 1. The SMILES string of the molecule is S=C(NN=C1CCCc2cccnc21)N1CCC2(CC1)CCN(c1ccccn1)CC2. The second kappa shape index (κ2) is 8.91. The lowest BCUT2D eigenvalue weighted by molar-refractivity contribution is 0.113. The van der Waals surface area contributed by atoms with Crippen molar-refractivity contribution in [3.8, 4) is 0 Å². The molecule has 162 valence electrons. The predicted octanol–water partition coefficient (Wildman–Crippen LogP) is 3.77. The number of nitrogens with one attached hydrogen (secondary N) is 1. The molecule has 4 heterocycles. The summed E-state index contributed by atoms with van der Waals surface area (Å²) in [6, 6.07) is 10.3. The molecule has 7 heteroatoms. The van der Waals surface area contributed by atoms with Gasteiger partial charge in [0.05, 0.1) is 11.4 Å². The Labute approximate surface area is 189 Å². The third kappa shape index (κ3) is 4.42. The molecule has 0 saturated carbocycles. The standard InChI is InChI=1S/C24H30N6S/c31-23(28-27-20-7-3-5-19-6-4-14-26-22(19)20)30-17-11-24(12-18-30)9-15-29(16-10-24)21-8-1-2-13-25-21/h1-2,4,6,8,13-14H,3,5,7,9-12,15-18H2,(H,28,31). The number of hydrazone groups is 1. The molecule has 31 heavy (non-hydrogen) atoms. The van der Waals surface area contributed by atoms with Crippen LogP contribution in [0.25, 0.3) is 0 Å². The quantitative estimate of drug-likeness (QED) is 0.574. The monoisotopic (exact) mass is 434 g/mol. The highest BCUT2D eigenvalue weighted by Gasteiger charge is 2.38. The largest absolute Gasteiger partial charge is 0.357 e. The molecular formula is C24H30N6S. The van der Waals surface area contributed by atoms with E-state index < -0.39 is 0 Å². The number of rotatable bonds is 2. The van der Waals surface area contributed by atoms with Crippen LogP contribution in [0.4, 0.5) is 5.82 Å². The first-order chi connectivity index (χ1) is 15.2. The highest BCUT2D eigenvalue weighted by Crippen LogP contribution is 2.41. The summed E-state index contributed by atoms with van der Waals surface area (Å²) in [4.78, 5) is 13.8. The van der Waals surface area contributed by atoms with Crippen molar-refractivity contribution in [2.75, 3.05) is 31.1 Å². The van der Waals surface area contributed by atoms with Gasteiger partial charge < -0.3 is 9.80 Å². The lowest BCUT2D eigenvalue weighted by atomic mass is 9.71. The van der Waals surface area contributed by atoms with E-state index in [1.807, 2.05) is 24.5 Å². The van der Waals surface area contributed by atoms with Gasteiger partial charge in [0.25, 0.3) is 0 Å². The van der Waals surface area contributed by atoms with Gasteiger partial charge in [0, 0.05) is 38.6 Å². The Morgan fingerprint density at radius 2 is 1.71 bits per heavy atom. The summed E-state index contributed by atoms with van der Waals surface area (Å²) in [5, 5.41) is 5.40. The summed E-state index contributed by atoms with van der Waals surface area (Å²) in [6.45, 7) is 4.21. The topological polar surface area (TPSA) is 56.7 Å². The molecule has 3 aliphatic rings. The molecular weight excluding hydrogens is 404 g/mol. The molecule has 2 saturated heterocycles. The normalized spacial score (nSPS) is 21.7. The number of aromatic nitrogens is 2. The molecule has 0 aromatic carbocycles. The third-order valence-corrected chi connectivity index (χ3v) is 7.57. The molecule has 1 aliphatic carbocycles. The van der Waals surface area contributed by atoms with E-state index in [2.05, 4.69) is 48.5 Å². The first kappa shape index (κ1) is 20.4. The molecule has 0 bridgehead atoms. The van der Waals surface area contributed by atoms with Gasteiger partial charge in [-0.2, -0.15) is 5.10 Å². The minimum absolute atomic E-state index is 0.454. The van der Waals surface area contributed by atoms with Crippen LogP contribution in [0, 0.1) is 5.41 Å². The number of likely N-dealkylation sites (tertiary alicyclic amines) is 1. The van der Waals surface area contributed by atoms with Crippen LogP contribution >= 0.6 is 12.2 Å². The Morgan fingerprint density at radius 1 is 0.935 bits per heavy atom. The summed E-state index contributed by atoms with van der Waals surface area (Å²) < 4.78 is 0. The van der Waals surface area contributed by atoms with Gasteiger partial charge in [0.1, 0.15) is 5.82 Å². The Morgan fingerprint density at radius 3 is 2.48 bits per heavy atom. The van der Waals surface area contributed by atoms with Gasteiger partial charge in [0.2, 0.25) is 0 Å². The number of nitrogens with zero attached hydrogens (tertiary/aromatic N) is 5. The zero-order valence-electron chi connectivity index (χ0n) is 18.0. The average molecular weight is 435 g/mol. The number of piperidine rings is 2. The summed E-state index contributed by atoms with van der Waals surface area (Å²) in [5.41, 5.74) is 6.97. The zero-order valence-corrected chi connectivity index (χ0v) is 18.8. The highest BCUT2D eigenvalue weighted by molar-refractivity contribution is 7.80. The van der Waals surface area contributed by atoms with Crippen LogP contribution in [0.1, 0.15) is 49.8 Å². The minimum Gasteiger partial charge on any atom is -0.357 e. The van der Waals surface area contributed by atoms with E-state index >= 15 is 0 Å². The van der Waals surface area contributed by atoms with E-state index in [0.717, 1.165) is 67.8 Å². The number of hydrogen-bond donors (Lipinski definition) is 1. The van der Waals surface area contributed by atoms with Crippen molar-refractivity contribution in [2.45, 2.75) is 44.9 Å². The van der Waals surface area contributed by atoms with Crippen molar-refractivity contribution >= 4 is 28.9 Å². The molecule has 0 atom stereocenters. The molecule has 0 amide bonds. The van der Waals surface area contributed by atoms with Crippen molar-refractivity contribution in [3.63, 3.8) is 0 Å². The van der Waals surface area contributed by atoms with Gasteiger partial charge in [-0.1, -0.05) is 12.1 Å². The number of fused-ring (bicyclic) bond motifs is 1. The van der Waals surface area contributed by atoms with Crippen LogP contribution in [0.2, 0.25) is 0 Å². The van der Waals surface area contributed by atoms with Crippen LogP contribution in [0.5, 0.6) is 0 Å². The maximum absolute atomic E-state index is 5.68. The Hall–Kier alpha value is -2.54. The zero-order chi connectivity index (χ0) is 21.1. The molecule has 0 radical (unpaired) electrons. The lowest BCUT2D eigenvalue weighted by Crippen LogP contribution is -2.50. The molecule has 6 nitrogen and oxygen atoms in total. The van der Waals surface area contributed by atoms with E-state index in [4.69, 9.17) is 12.2 Å². The number of pyridine rings is 2. The minimum atomic E-state index is 0.454. The Bertz CT molecular complexity index is 942. The van der Waals surface area contributed by atoms with Gasteiger partial charge in [-0.15, -0.1) is 0 Å². The molecule has 2 fully saturated rings. The Kier molecular flexibility index (Phi) is 5.85. The van der Waals surface area contributed by atoms with Crippen molar-refractivity contribution in [1.82, 2.24) is 20.3 Å². The second-order valence-corrected chi connectivity index (χ2v) is 9.39. The molecule has 0 unspecified atom stereocenters. The van der Waals surface area contributed by atoms with Gasteiger partial charge in [-0.3, -0.25) is 10.4 Å². The number of hydrogen-bond acceptors (Lipinski definition) is 5. The molecule has 2 aromatic rings. The van der Waals surface area contributed by atoms with Gasteiger partial charge in [-0.05, 0) is 86.3 Å². The summed E-state index contributed by atoms with van der Waals surface area (Å²) >= 11 is 5.68. The number of anilines is 1. The van der Waals surface area contributed by atoms with E-state index in [9.17, 15) is 0 Å². The van der Waals surface area contributed by atoms with E-state index in [1.54, 1.807) is 0 Å². The smallest absolute Gasteiger partial charge is 0.189 e. The molecule has 1 spiro atoms. The summed E-state index contributed by atoms with van der Waals surface area (Å²) in [7, 11) is 0. The van der Waals surface area contributed by atoms with Gasteiger partial charge in [-0.25, -0.2) is 4.98 Å². The molecule has 2 aliphatic heterocycles. The highest BCUT2D eigenvalue weighted by atomic mass is 32.1. The molecule has 2 aromatic heterocycles. The maximum atomic E-state index is 5.68. The van der Waals surface area contributed by atoms with Crippen molar-refractivity contribution in [3.05, 3.63) is 54.0 Å². The third-order valence-electron chi connectivity index (χ3n) is 7.22. The average Bonchev–Trinajstić information content (AvgIpc) is 2.84. The van der Waals surface area contributed by atoms with Crippen molar-refractivity contribution in [2.24, 2.45) is 10.5 Å². The van der Waals surface area contributed by atoms with Crippen LogP contribution in [-0.4, -0.2) is 51.9 Å². The van der Waals surface area contributed by atoms with Crippen LogP contribution in [0.15, 0.2) is 47.8 Å². The van der Waals surface area contributed by atoms with Crippen molar-refractivity contribution in [1.29, 1.82) is 0 Å². The van der Waals surface area contributed by atoms with Crippen LogP contribution in [0.3, 0.4) is 0 Å². The fraction of sp³-hybridized carbons (Fsp3) is 0.500. The lowest BCUT2D eigenvalue weighted by Gasteiger charge is -2.47. The summed E-state index contributed by atoms with van der Waals surface area (Å²) in [5.74, 6) is 1.11. The first-order valence-corrected chi connectivity index (χ1v) is 11.9. The fourth-order valence-electron chi connectivity index (χ4n) is 5.19. The number of thiocarbonyl (C=S) groups is 1. The van der Waals surface area contributed by atoms with Gasteiger partial charge in [0.15, 0.2) is 5.11 Å². The van der Waals surface area contributed by atoms with E-state index in [-0.39, 0.29) is 0 Å². The predicted molar refractivity (Wildman–Crippen MR) is 128 cm³/mol. The molecule has 1 N–H and O–H groups in total. The van der Waals surface area contributed by atoms with Crippen LogP contribution < -0.4 is 10.3 Å². The Balaban J connectivity index is 1.14. The maximum Gasteiger partial charge on any atom is 0.189 e. The molecule has 5 rings (SSSR count). The summed E-state index contributed by atoms with van der Waals surface area (Å²) in [6.07, 6.45) is 11.8. The fourth-order valence-corrected chi connectivity index (χ4v) is 5.42. The van der Waals surface area contributed by atoms with Gasteiger partial charge >= 0.3 is 0 Å². The van der Waals surface area contributed by atoms with Crippen LogP contribution in [-0.2, 0) is 6.42 Å².